The van der Waals surface area contributed by atoms with Crippen LogP contribution in [0.3, 0.4) is 0 Å². The van der Waals surface area contributed by atoms with Crippen molar-refractivity contribution in [1.29, 1.82) is 0 Å². The average Bonchev–Trinajstić information content (AvgIpc) is 2.57. The van der Waals surface area contributed by atoms with Crippen molar-refractivity contribution in [2.24, 2.45) is 5.92 Å². The summed E-state index contributed by atoms with van der Waals surface area (Å²) in [6.45, 7) is 2.81. The molecule has 0 aliphatic heterocycles. The quantitative estimate of drug-likeness (QED) is 0.583. The summed E-state index contributed by atoms with van der Waals surface area (Å²) in [6, 6.07) is 0. The number of alkyl halides is 1. The molecule has 0 bridgehead atoms. The standard InChI is InChI=1S/C13H24ClNO/c1-2-12(14)9-10-15-13(16)11-7-5-3-4-6-8-11/h11-12H,2-10H2,1H3,(H,15,16). The molecule has 1 amide bonds. The van der Waals surface area contributed by atoms with E-state index in [0.717, 1.165) is 32.2 Å². The smallest absolute Gasteiger partial charge is 0.223 e. The fourth-order valence-corrected chi connectivity index (χ4v) is 2.35. The molecule has 3 heteroatoms. The van der Waals surface area contributed by atoms with Crippen LogP contribution in [0.2, 0.25) is 0 Å². The lowest BCUT2D eigenvalue weighted by atomic mass is 9.99. The summed E-state index contributed by atoms with van der Waals surface area (Å²) in [5.41, 5.74) is 0. The molecule has 0 aromatic rings. The first kappa shape index (κ1) is 13.8. The summed E-state index contributed by atoms with van der Waals surface area (Å²) >= 11 is 6.01. The monoisotopic (exact) mass is 245 g/mol. The van der Waals surface area contributed by atoms with Gasteiger partial charge < -0.3 is 5.32 Å². The van der Waals surface area contributed by atoms with Crippen LogP contribution < -0.4 is 5.32 Å². The first-order valence-electron chi connectivity index (χ1n) is 6.65. The van der Waals surface area contributed by atoms with Gasteiger partial charge in [-0.15, -0.1) is 11.6 Å². The van der Waals surface area contributed by atoms with Crippen molar-refractivity contribution in [2.45, 2.75) is 63.7 Å². The summed E-state index contributed by atoms with van der Waals surface area (Å²) in [6.07, 6.45) is 9.02. The maximum atomic E-state index is 11.9. The Morgan fingerprint density at radius 1 is 1.31 bits per heavy atom. The number of hydrogen-bond donors (Lipinski definition) is 1. The van der Waals surface area contributed by atoms with Crippen LogP contribution >= 0.6 is 11.6 Å². The van der Waals surface area contributed by atoms with E-state index in [1.54, 1.807) is 0 Å². The van der Waals surface area contributed by atoms with E-state index in [1.807, 2.05) is 0 Å². The Balaban J connectivity index is 2.17. The zero-order valence-corrected chi connectivity index (χ0v) is 11.1. The van der Waals surface area contributed by atoms with Gasteiger partial charge in [-0.2, -0.15) is 0 Å². The third-order valence-corrected chi connectivity index (χ3v) is 3.95. The summed E-state index contributed by atoms with van der Waals surface area (Å²) in [4.78, 5) is 11.9. The lowest BCUT2D eigenvalue weighted by Gasteiger charge is -2.14. The van der Waals surface area contributed by atoms with E-state index < -0.39 is 0 Å². The summed E-state index contributed by atoms with van der Waals surface area (Å²) in [5, 5.41) is 3.23. The molecule has 0 aromatic carbocycles. The first-order valence-corrected chi connectivity index (χ1v) is 7.09. The topological polar surface area (TPSA) is 29.1 Å². The molecular weight excluding hydrogens is 222 g/mol. The zero-order valence-electron chi connectivity index (χ0n) is 10.3. The number of rotatable bonds is 5. The van der Waals surface area contributed by atoms with Crippen LogP contribution in [0.25, 0.3) is 0 Å². The predicted molar refractivity (Wildman–Crippen MR) is 68.8 cm³/mol. The second kappa shape index (κ2) is 7.94. The Morgan fingerprint density at radius 3 is 2.50 bits per heavy atom. The van der Waals surface area contributed by atoms with Crippen LogP contribution in [0, 0.1) is 5.92 Å². The van der Waals surface area contributed by atoms with Gasteiger partial charge in [0.05, 0.1) is 0 Å². The van der Waals surface area contributed by atoms with Gasteiger partial charge in [0.2, 0.25) is 5.91 Å². The molecular formula is C13H24ClNO. The molecule has 1 saturated carbocycles. The Morgan fingerprint density at radius 2 is 1.94 bits per heavy atom. The van der Waals surface area contributed by atoms with E-state index >= 15 is 0 Å². The number of carbonyl (C=O) groups excluding carboxylic acids is 1. The number of hydrogen-bond acceptors (Lipinski definition) is 1. The molecule has 1 rings (SSSR count). The molecule has 0 aromatic heterocycles. The van der Waals surface area contributed by atoms with Crippen molar-refractivity contribution in [1.82, 2.24) is 5.32 Å². The first-order chi connectivity index (χ1) is 7.74. The van der Waals surface area contributed by atoms with E-state index in [-0.39, 0.29) is 17.2 Å². The van der Waals surface area contributed by atoms with Crippen molar-refractivity contribution in [2.75, 3.05) is 6.54 Å². The highest BCUT2D eigenvalue weighted by Gasteiger charge is 2.19. The van der Waals surface area contributed by atoms with Gasteiger partial charge in [-0.05, 0) is 25.7 Å². The molecule has 1 fully saturated rings. The Bertz CT molecular complexity index is 200. The predicted octanol–water partition coefficient (Wildman–Crippen LogP) is 3.48. The van der Waals surface area contributed by atoms with Crippen molar-refractivity contribution in [3.63, 3.8) is 0 Å². The second-order valence-electron chi connectivity index (χ2n) is 4.77. The molecule has 1 N–H and O–H groups in total. The van der Waals surface area contributed by atoms with Gasteiger partial charge in [-0.3, -0.25) is 4.79 Å². The van der Waals surface area contributed by atoms with Crippen LogP contribution in [-0.4, -0.2) is 17.8 Å². The highest BCUT2D eigenvalue weighted by Crippen LogP contribution is 2.22. The molecule has 1 aliphatic rings. The molecule has 0 radical (unpaired) electrons. The van der Waals surface area contributed by atoms with Gasteiger partial charge in [0.1, 0.15) is 0 Å². The van der Waals surface area contributed by atoms with E-state index in [4.69, 9.17) is 11.6 Å². The highest BCUT2D eigenvalue weighted by molar-refractivity contribution is 6.20. The average molecular weight is 246 g/mol. The second-order valence-corrected chi connectivity index (χ2v) is 5.39. The molecule has 1 aliphatic carbocycles. The minimum Gasteiger partial charge on any atom is -0.356 e. The van der Waals surface area contributed by atoms with E-state index in [9.17, 15) is 4.79 Å². The van der Waals surface area contributed by atoms with Crippen molar-refractivity contribution in [3.05, 3.63) is 0 Å². The highest BCUT2D eigenvalue weighted by atomic mass is 35.5. The summed E-state index contributed by atoms with van der Waals surface area (Å²) in [5.74, 6) is 0.514. The third-order valence-electron chi connectivity index (χ3n) is 3.43. The van der Waals surface area contributed by atoms with Gasteiger partial charge in [0.15, 0.2) is 0 Å². The fraction of sp³-hybridized carbons (Fsp3) is 0.923. The van der Waals surface area contributed by atoms with Crippen molar-refractivity contribution in [3.8, 4) is 0 Å². The molecule has 2 nitrogen and oxygen atoms in total. The van der Waals surface area contributed by atoms with Gasteiger partial charge in [-0.1, -0.05) is 32.6 Å². The molecule has 0 heterocycles. The fourth-order valence-electron chi connectivity index (χ4n) is 2.24. The van der Waals surface area contributed by atoms with E-state index in [2.05, 4.69) is 12.2 Å². The van der Waals surface area contributed by atoms with Crippen molar-refractivity contribution >= 4 is 17.5 Å². The third kappa shape index (κ3) is 5.20. The summed E-state index contributed by atoms with van der Waals surface area (Å²) in [7, 11) is 0. The molecule has 0 spiro atoms. The van der Waals surface area contributed by atoms with E-state index in [0.29, 0.717) is 0 Å². The minimum absolute atomic E-state index is 0.203. The van der Waals surface area contributed by atoms with Crippen LogP contribution in [0.5, 0.6) is 0 Å². The van der Waals surface area contributed by atoms with Gasteiger partial charge in [-0.25, -0.2) is 0 Å². The molecule has 0 saturated heterocycles. The number of amides is 1. The van der Waals surface area contributed by atoms with Gasteiger partial charge in [0, 0.05) is 17.8 Å². The SMILES string of the molecule is CCC(Cl)CCNC(=O)C1CCCCCC1. The minimum atomic E-state index is 0.203. The Labute approximate surface area is 104 Å². The number of nitrogens with one attached hydrogen (secondary N) is 1. The van der Waals surface area contributed by atoms with Crippen LogP contribution in [-0.2, 0) is 4.79 Å². The largest absolute Gasteiger partial charge is 0.356 e. The lowest BCUT2D eigenvalue weighted by molar-refractivity contribution is -0.125. The van der Waals surface area contributed by atoms with Gasteiger partial charge in [0.25, 0.3) is 0 Å². The van der Waals surface area contributed by atoms with Crippen LogP contribution in [0.15, 0.2) is 0 Å². The van der Waals surface area contributed by atoms with Gasteiger partial charge >= 0.3 is 0 Å². The number of carbonyl (C=O) groups is 1. The summed E-state index contributed by atoms with van der Waals surface area (Å²) < 4.78 is 0. The van der Waals surface area contributed by atoms with Crippen molar-refractivity contribution < 1.29 is 4.79 Å². The lowest BCUT2D eigenvalue weighted by Crippen LogP contribution is -2.32. The normalized spacial score (nSPS) is 20.1. The Hall–Kier alpha value is -0.240. The molecule has 16 heavy (non-hydrogen) atoms. The Kier molecular flexibility index (Phi) is 6.86. The molecule has 94 valence electrons. The molecule has 1 atom stereocenters. The van der Waals surface area contributed by atoms with Crippen LogP contribution in [0.4, 0.5) is 0 Å². The maximum Gasteiger partial charge on any atom is 0.223 e. The molecule has 1 unspecified atom stereocenters. The van der Waals surface area contributed by atoms with Crippen LogP contribution in [0.1, 0.15) is 58.3 Å². The maximum absolute atomic E-state index is 11.9. The van der Waals surface area contributed by atoms with E-state index in [1.165, 1.54) is 25.7 Å². The number of halogens is 1. The zero-order chi connectivity index (χ0) is 11.8.